The average Bonchev–Trinajstić information content (AvgIpc) is 2.04. The molecule has 0 N–H and O–H groups in total. The Balaban J connectivity index is 2.45. The topological polar surface area (TPSA) is 46.6 Å². The lowest BCUT2D eigenvalue weighted by molar-refractivity contribution is -0.158. The van der Waals surface area contributed by atoms with E-state index >= 15 is 0 Å². The summed E-state index contributed by atoms with van der Waals surface area (Å²) in [7, 11) is 0. The molecule has 1 heterocycles. The van der Waals surface area contributed by atoms with Crippen LogP contribution < -0.4 is 0 Å². The Morgan fingerprint density at radius 2 is 1.92 bits per heavy atom. The van der Waals surface area contributed by atoms with Gasteiger partial charge >= 0.3 is 0 Å². The zero-order valence-corrected chi connectivity index (χ0v) is 7.21. The number of unbranched alkanes of at least 4 members (excludes halogenated alkanes) is 1. The fourth-order valence-corrected chi connectivity index (χ4v) is 1.09. The third-order valence-corrected chi connectivity index (χ3v) is 1.79. The lowest BCUT2D eigenvalue weighted by Crippen LogP contribution is -2.46. The third kappa shape index (κ3) is 2.04. The second-order valence-corrected chi connectivity index (χ2v) is 2.79. The molecular formula is C8H13NO3. The molecule has 1 aliphatic rings. The van der Waals surface area contributed by atoms with Crippen molar-refractivity contribution in [2.75, 3.05) is 19.8 Å². The van der Waals surface area contributed by atoms with E-state index in [2.05, 4.69) is 0 Å². The predicted octanol–water partition coefficient (Wildman–Crippen LogP) is 0.172. The van der Waals surface area contributed by atoms with Gasteiger partial charge in [0.2, 0.25) is 0 Å². The highest BCUT2D eigenvalue weighted by Crippen LogP contribution is 2.02. The lowest BCUT2D eigenvalue weighted by Gasteiger charge is -2.24. The van der Waals surface area contributed by atoms with Gasteiger partial charge in [-0.2, -0.15) is 0 Å². The minimum atomic E-state index is -0.209. The third-order valence-electron chi connectivity index (χ3n) is 1.79. The van der Waals surface area contributed by atoms with Gasteiger partial charge in [-0.1, -0.05) is 13.3 Å². The van der Waals surface area contributed by atoms with Crippen LogP contribution in [-0.2, 0) is 14.3 Å². The molecule has 0 saturated carbocycles. The Morgan fingerprint density at radius 1 is 1.33 bits per heavy atom. The van der Waals surface area contributed by atoms with Gasteiger partial charge in [-0.3, -0.25) is 14.5 Å². The number of nitrogens with zero attached hydrogens (tertiary/aromatic N) is 1. The molecule has 68 valence electrons. The largest absolute Gasteiger partial charge is 0.362 e. The Hall–Kier alpha value is -0.900. The van der Waals surface area contributed by atoms with Crippen molar-refractivity contribution < 1.29 is 14.3 Å². The first-order chi connectivity index (χ1) is 5.75. The summed E-state index contributed by atoms with van der Waals surface area (Å²) in [4.78, 5) is 23.5. The number of morpholine rings is 1. The molecule has 12 heavy (non-hydrogen) atoms. The van der Waals surface area contributed by atoms with Crippen LogP contribution in [0, 0.1) is 0 Å². The first-order valence-electron chi connectivity index (χ1n) is 4.16. The minimum Gasteiger partial charge on any atom is -0.362 e. The predicted molar refractivity (Wildman–Crippen MR) is 42.4 cm³/mol. The van der Waals surface area contributed by atoms with Gasteiger partial charge in [-0.25, -0.2) is 0 Å². The van der Waals surface area contributed by atoms with E-state index < -0.39 is 0 Å². The Bertz CT molecular complexity index is 175. The summed E-state index contributed by atoms with van der Waals surface area (Å²) in [6.07, 6.45) is 1.86. The molecule has 1 rings (SSSR count). The number of ether oxygens (including phenoxy) is 1. The number of hydrogen-bond acceptors (Lipinski definition) is 3. The first kappa shape index (κ1) is 9.19. The lowest BCUT2D eigenvalue weighted by atomic mass is 10.3. The van der Waals surface area contributed by atoms with Crippen molar-refractivity contribution in [2.45, 2.75) is 19.8 Å². The first-order valence-corrected chi connectivity index (χ1v) is 4.16. The van der Waals surface area contributed by atoms with E-state index in [0.717, 1.165) is 12.8 Å². The molecule has 1 fully saturated rings. The van der Waals surface area contributed by atoms with Crippen LogP contribution in [0.3, 0.4) is 0 Å². The highest BCUT2D eigenvalue weighted by molar-refractivity contribution is 5.98. The molecule has 4 nitrogen and oxygen atoms in total. The van der Waals surface area contributed by atoms with Crippen LogP contribution in [0.2, 0.25) is 0 Å². The standard InChI is InChI=1S/C8H13NO3/c1-2-3-4-9-7(10)5-12-6-8(9)11/h2-6H2,1H3. The summed E-state index contributed by atoms with van der Waals surface area (Å²) >= 11 is 0. The van der Waals surface area contributed by atoms with Gasteiger partial charge in [0, 0.05) is 6.54 Å². The maximum Gasteiger partial charge on any atom is 0.255 e. The van der Waals surface area contributed by atoms with Crippen molar-refractivity contribution in [3.8, 4) is 0 Å². The number of amides is 2. The zero-order valence-electron chi connectivity index (χ0n) is 7.21. The van der Waals surface area contributed by atoms with Gasteiger partial charge in [0.05, 0.1) is 0 Å². The molecule has 0 unspecified atom stereocenters. The summed E-state index contributed by atoms with van der Waals surface area (Å²) in [6.45, 7) is 2.66. The number of carbonyl (C=O) groups is 2. The number of carbonyl (C=O) groups excluding carboxylic acids is 2. The molecule has 2 amide bonds. The molecule has 0 aromatic rings. The molecule has 0 aromatic heterocycles. The summed E-state index contributed by atoms with van der Waals surface area (Å²) in [5, 5.41) is 0. The highest BCUT2D eigenvalue weighted by Gasteiger charge is 2.25. The van der Waals surface area contributed by atoms with Crippen molar-refractivity contribution in [2.24, 2.45) is 0 Å². The normalized spacial score (nSPS) is 18.6. The molecule has 0 radical (unpaired) electrons. The van der Waals surface area contributed by atoms with Gasteiger partial charge in [-0.05, 0) is 6.42 Å². The second-order valence-electron chi connectivity index (χ2n) is 2.79. The molecule has 0 aliphatic carbocycles. The smallest absolute Gasteiger partial charge is 0.255 e. The molecule has 4 heteroatoms. The Morgan fingerprint density at radius 3 is 2.42 bits per heavy atom. The molecular weight excluding hydrogens is 158 g/mol. The van der Waals surface area contributed by atoms with Crippen LogP contribution in [-0.4, -0.2) is 36.5 Å². The van der Waals surface area contributed by atoms with Crippen LogP contribution in [0.1, 0.15) is 19.8 Å². The van der Waals surface area contributed by atoms with Crippen molar-refractivity contribution in [3.63, 3.8) is 0 Å². The molecule has 0 spiro atoms. The van der Waals surface area contributed by atoms with Gasteiger partial charge in [0.25, 0.3) is 11.8 Å². The minimum absolute atomic E-state index is 0.0510. The van der Waals surface area contributed by atoms with E-state index in [1.807, 2.05) is 6.92 Å². The van der Waals surface area contributed by atoms with E-state index in [-0.39, 0.29) is 25.0 Å². The maximum absolute atomic E-state index is 11.1. The summed E-state index contributed by atoms with van der Waals surface area (Å²) in [5.41, 5.74) is 0. The van der Waals surface area contributed by atoms with E-state index in [1.165, 1.54) is 4.90 Å². The van der Waals surface area contributed by atoms with Crippen LogP contribution in [0.4, 0.5) is 0 Å². The van der Waals surface area contributed by atoms with Crippen LogP contribution in [0.5, 0.6) is 0 Å². The quantitative estimate of drug-likeness (QED) is 0.569. The maximum atomic E-state index is 11.1. The van der Waals surface area contributed by atoms with E-state index in [1.54, 1.807) is 0 Å². The van der Waals surface area contributed by atoms with E-state index in [4.69, 9.17) is 4.74 Å². The van der Waals surface area contributed by atoms with E-state index in [0.29, 0.717) is 6.54 Å². The van der Waals surface area contributed by atoms with Crippen molar-refractivity contribution in [1.29, 1.82) is 0 Å². The Labute approximate surface area is 71.5 Å². The molecule has 0 atom stereocenters. The van der Waals surface area contributed by atoms with Gasteiger partial charge in [-0.15, -0.1) is 0 Å². The Kier molecular flexibility index (Phi) is 3.22. The van der Waals surface area contributed by atoms with Crippen LogP contribution in [0.25, 0.3) is 0 Å². The fraction of sp³-hybridized carbons (Fsp3) is 0.750. The summed E-state index contributed by atoms with van der Waals surface area (Å²) in [6, 6.07) is 0. The number of imide groups is 1. The monoisotopic (exact) mass is 171 g/mol. The molecule has 0 aromatic carbocycles. The summed E-state index contributed by atoms with van der Waals surface area (Å²) in [5.74, 6) is -0.417. The number of hydrogen-bond donors (Lipinski definition) is 0. The molecule has 0 bridgehead atoms. The van der Waals surface area contributed by atoms with Crippen molar-refractivity contribution in [3.05, 3.63) is 0 Å². The second kappa shape index (κ2) is 4.21. The molecule has 1 aliphatic heterocycles. The number of rotatable bonds is 3. The van der Waals surface area contributed by atoms with Crippen molar-refractivity contribution >= 4 is 11.8 Å². The molecule has 1 saturated heterocycles. The van der Waals surface area contributed by atoms with Crippen molar-refractivity contribution in [1.82, 2.24) is 4.90 Å². The SMILES string of the molecule is CCCCN1C(=O)COCC1=O. The van der Waals surface area contributed by atoms with Crippen LogP contribution in [0.15, 0.2) is 0 Å². The highest BCUT2D eigenvalue weighted by atomic mass is 16.5. The van der Waals surface area contributed by atoms with Gasteiger partial charge in [0.15, 0.2) is 0 Å². The summed E-state index contributed by atoms with van der Waals surface area (Å²) < 4.78 is 4.76. The fourth-order valence-electron chi connectivity index (χ4n) is 1.09. The average molecular weight is 171 g/mol. The van der Waals surface area contributed by atoms with Gasteiger partial charge < -0.3 is 4.74 Å². The van der Waals surface area contributed by atoms with Crippen LogP contribution >= 0.6 is 0 Å². The van der Waals surface area contributed by atoms with E-state index in [9.17, 15) is 9.59 Å². The zero-order chi connectivity index (χ0) is 8.97. The van der Waals surface area contributed by atoms with Gasteiger partial charge in [0.1, 0.15) is 13.2 Å².